The maximum atomic E-state index is 11.8. The van der Waals surface area contributed by atoms with E-state index >= 15 is 0 Å². The number of carbonyl (C=O) groups excluding carboxylic acids is 1. The maximum Gasteiger partial charge on any atom is 0.306 e. The van der Waals surface area contributed by atoms with Crippen molar-refractivity contribution >= 4 is 17.8 Å². The molecule has 0 aromatic rings. The summed E-state index contributed by atoms with van der Waals surface area (Å²) in [6.07, 6.45) is 0.0459. The summed E-state index contributed by atoms with van der Waals surface area (Å²) in [5.74, 6) is -2.89. The van der Waals surface area contributed by atoms with Crippen LogP contribution < -0.4 is 5.32 Å². The van der Waals surface area contributed by atoms with E-state index in [9.17, 15) is 14.4 Å². The van der Waals surface area contributed by atoms with Crippen LogP contribution in [0.3, 0.4) is 0 Å². The molecular formula is C12H21NO5. The van der Waals surface area contributed by atoms with Crippen molar-refractivity contribution in [2.45, 2.75) is 46.6 Å². The second kappa shape index (κ2) is 6.37. The van der Waals surface area contributed by atoms with Crippen LogP contribution >= 0.6 is 0 Å². The molecule has 3 N–H and O–H groups in total. The number of aliphatic carboxylic acids is 2. The minimum absolute atomic E-state index is 0.264. The largest absolute Gasteiger partial charge is 0.481 e. The van der Waals surface area contributed by atoms with Gasteiger partial charge in [0, 0.05) is 6.04 Å². The predicted octanol–water partition coefficient (Wildman–Crippen LogP) is 1.10. The van der Waals surface area contributed by atoms with Crippen molar-refractivity contribution in [3.63, 3.8) is 0 Å². The van der Waals surface area contributed by atoms with Crippen molar-refractivity contribution < 1.29 is 24.6 Å². The summed E-state index contributed by atoms with van der Waals surface area (Å²) in [5, 5.41) is 20.1. The molecule has 2 atom stereocenters. The smallest absolute Gasteiger partial charge is 0.306 e. The molecule has 0 saturated heterocycles. The maximum absolute atomic E-state index is 11.8. The van der Waals surface area contributed by atoms with Gasteiger partial charge in [0.2, 0.25) is 5.91 Å². The Morgan fingerprint density at radius 3 is 2.06 bits per heavy atom. The summed E-state index contributed by atoms with van der Waals surface area (Å²) in [6.45, 7) is 6.36. The highest BCUT2D eigenvalue weighted by molar-refractivity contribution is 5.86. The van der Waals surface area contributed by atoms with Crippen LogP contribution in [0.5, 0.6) is 0 Å². The van der Waals surface area contributed by atoms with E-state index in [2.05, 4.69) is 5.32 Å². The molecule has 104 valence electrons. The van der Waals surface area contributed by atoms with Gasteiger partial charge in [-0.2, -0.15) is 0 Å². The number of hydrogen-bond donors (Lipinski definition) is 3. The van der Waals surface area contributed by atoms with Gasteiger partial charge in [0.15, 0.2) is 0 Å². The van der Waals surface area contributed by atoms with E-state index < -0.39 is 23.3 Å². The van der Waals surface area contributed by atoms with Crippen molar-refractivity contribution in [3.8, 4) is 0 Å². The molecule has 2 unspecified atom stereocenters. The molecule has 0 aliphatic carbocycles. The Balaban J connectivity index is 4.38. The Bertz CT molecular complexity index is 337. The molecule has 0 aromatic carbocycles. The fraction of sp³-hybridized carbons (Fsp3) is 0.750. The second-order valence-corrected chi connectivity index (χ2v) is 5.30. The molecule has 0 bridgehead atoms. The molecular weight excluding hydrogens is 238 g/mol. The molecule has 0 aromatic heterocycles. The van der Waals surface area contributed by atoms with Crippen LogP contribution in [0, 0.1) is 11.3 Å². The number of amides is 1. The fourth-order valence-corrected chi connectivity index (χ4v) is 1.57. The normalized spacial score (nSPS) is 14.7. The second-order valence-electron chi connectivity index (χ2n) is 5.30. The SMILES string of the molecule is CC(CC(C)C(=O)O)NC(=O)C(C)(C)CC(=O)O. The lowest BCUT2D eigenvalue weighted by atomic mass is 9.87. The molecule has 0 rings (SSSR count). The van der Waals surface area contributed by atoms with Crippen molar-refractivity contribution in [3.05, 3.63) is 0 Å². The summed E-state index contributed by atoms with van der Waals surface area (Å²) in [6, 6.07) is -0.309. The van der Waals surface area contributed by atoms with Gasteiger partial charge in [0.05, 0.1) is 17.8 Å². The molecule has 0 aliphatic rings. The van der Waals surface area contributed by atoms with E-state index in [1.165, 1.54) is 0 Å². The minimum atomic E-state index is -1.04. The van der Waals surface area contributed by atoms with E-state index in [1.54, 1.807) is 27.7 Å². The highest BCUT2D eigenvalue weighted by Gasteiger charge is 2.31. The first-order valence-corrected chi connectivity index (χ1v) is 5.82. The average Bonchev–Trinajstić information content (AvgIpc) is 2.14. The Morgan fingerprint density at radius 1 is 1.17 bits per heavy atom. The van der Waals surface area contributed by atoms with Gasteiger partial charge in [-0.05, 0) is 13.3 Å². The van der Waals surface area contributed by atoms with Gasteiger partial charge >= 0.3 is 11.9 Å². The van der Waals surface area contributed by atoms with Crippen LogP contribution in [-0.2, 0) is 14.4 Å². The molecule has 0 heterocycles. The van der Waals surface area contributed by atoms with Crippen LogP contribution in [0.2, 0.25) is 0 Å². The van der Waals surface area contributed by atoms with E-state index in [-0.39, 0.29) is 18.4 Å². The third-order valence-electron chi connectivity index (χ3n) is 2.71. The summed E-state index contributed by atoms with van der Waals surface area (Å²) in [4.78, 5) is 33.1. The molecule has 0 fully saturated rings. The van der Waals surface area contributed by atoms with Crippen LogP contribution in [0.4, 0.5) is 0 Å². The highest BCUT2D eigenvalue weighted by atomic mass is 16.4. The number of carbonyl (C=O) groups is 3. The molecule has 0 saturated carbocycles. The molecule has 18 heavy (non-hydrogen) atoms. The summed E-state index contributed by atoms with van der Waals surface area (Å²) in [5.41, 5.74) is -1.01. The number of carboxylic acid groups (broad SMARTS) is 2. The van der Waals surface area contributed by atoms with Crippen molar-refractivity contribution in [2.24, 2.45) is 11.3 Å². The van der Waals surface area contributed by atoms with Crippen LogP contribution in [-0.4, -0.2) is 34.1 Å². The van der Waals surface area contributed by atoms with Crippen LogP contribution in [0.25, 0.3) is 0 Å². The monoisotopic (exact) mass is 259 g/mol. The first kappa shape index (κ1) is 16.4. The van der Waals surface area contributed by atoms with Gasteiger partial charge in [-0.1, -0.05) is 20.8 Å². The van der Waals surface area contributed by atoms with Crippen LogP contribution in [0.15, 0.2) is 0 Å². The van der Waals surface area contributed by atoms with Crippen molar-refractivity contribution in [1.29, 1.82) is 0 Å². The Kier molecular flexibility index (Phi) is 5.81. The van der Waals surface area contributed by atoms with E-state index in [1.807, 2.05) is 0 Å². The predicted molar refractivity (Wildman–Crippen MR) is 65.1 cm³/mol. The van der Waals surface area contributed by atoms with Crippen LogP contribution in [0.1, 0.15) is 40.5 Å². The van der Waals surface area contributed by atoms with Gasteiger partial charge in [0.25, 0.3) is 0 Å². The molecule has 6 nitrogen and oxygen atoms in total. The summed E-state index contributed by atoms with van der Waals surface area (Å²) < 4.78 is 0. The lowest BCUT2D eigenvalue weighted by Crippen LogP contribution is -2.43. The lowest BCUT2D eigenvalue weighted by Gasteiger charge is -2.25. The van der Waals surface area contributed by atoms with Gasteiger partial charge in [-0.25, -0.2) is 0 Å². The zero-order chi connectivity index (χ0) is 14.5. The molecule has 0 aliphatic heterocycles. The summed E-state index contributed by atoms with van der Waals surface area (Å²) in [7, 11) is 0. The Morgan fingerprint density at radius 2 is 1.67 bits per heavy atom. The first-order chi connectivity index (χ1) is 8.06. The van der Waals surface area contributed by atoms with Crippen molar-refractivity contribution in [1.82, 2.24) is 5.32 Å². The molecule has 0 spiro atoms. The third-order valence-corrected chi connectivity index (χ3v) is 2.71. The fourth-order valence-electron chi connectivity index (χ4n) is 1.57. The Labute approximate surface area is 106 Å². The quantitative estimate of drug-likeness (QED) is 0.635. The first-order valence-electron chi connectivity index (χ1n) is 5.82. The minimum Gasteiger partial charge on any atom is -0.481 e. The zero-order valence-electron chi connectivity index (χ0n) is 11.2. The van der Waals surface area contributed by atoms with Gasteiger partial charge in [-0.15, -0.1) is 0 Å². The molecule has 6 heteroatoms. The van der Waals surface area contributed by atoms with Gasteiger partial charge < -0.3 is 15.5 Å². The van der Waals surface area contributed by atoms with E-state index in [0.29, 0.717) is 6.42 Å². The Hall–Kier alpha value is -1.59. The molecule has 0 radical (unpaired) electrons. The van der Waals surface area contributed by atoms with Gasteiger partial charge in [-0.3, -0.25) is 14.4 Å². The highest BCUT2D eigenvalue weighted by Crippen LogP contribution is 2.21. The number of nitrogens with one attached hydrogen (secondary N) is 1. The summed E-state index contributed by atoms with van der Waals surface area (Å²) >= 11 is 0. The van der Waals surface area contributed by atoms with E-state index in [4.69, 9.17) is 10.2 Å². The number of hydrogen-bond acceptors (Lipinski definition) is 3. The standard InChI is InChI=1S/C12H21NO5/c1-7(10(16)17)5-8(2)13-11(18)12(3,4)6-9(14)15/h7-8H,5-6H2,1-4H3,(H,13,18)(H,14,15)(H,16,17). The van der Waals surface area contributed by atoms with Gasteiger partial charge in [0.1, 0.15) is 0 Å². The topological polar surface area (TPSA) is 104 Å². The number of rotatable bonds is 7. The third kappa shape index (κ3) is 5.65. The van der Waals surface area contributed by atoms with E-state index in [0.717, 1.165) is 0 Å². The average molecular weight is 259 g/mol. The zero-order valence-corrected chi connectivity index (χ0v) is 11.2. The number of carboxylic acids is 2. The molecule has 1 amide bonds. The lowest BCUT2D eigenvalue weighted by molar-refractivity contribution is -0.144. The van der Waals surface area contributed by atoms with Crippen molar-refractivity contribution in [2.75, 3.05) is 0 Å².